The van der Waals surface area contributed by atoms with Crippen molar-refractivity contribution in [2.24, 2.45) is 5.11 Å². The molecule has 3 heterocycles. The zero-order valence-corrected chi connectivity index (χ0v) is 27.2. The van der Waals surface area contributed by atoms with Gasteiger partial charge in [-0.1, -0.05) is 56.2 Å². The number of carbonyl (C=O) groups is 1. The van der Waals surface area contributed by atoms with E-state index in [2.05, 4.69) is 43.9 Å². The van der Waals surface area contributed by atoms with Gasteiger partial charge in [0.2, 0.25) is 0 Å². The number of nitrogens with zero attached hydrogens (tertiary/aromatic N) is 3. The average Bonchev–Trinajstić information content (AvgIpc) is 3.39. The van der Waals surface area contributed by atoms with Crippen LogP contribution in [0.4, 0.5) is 0 Å². The number of fused-ring (bicyclic) bond motifs is 2. The van der Waals surface area contributed by atoms with E-state index in [4.69, 9.17) is 42.3 Å². The molecule has 0 saturated carbocycles. The fraction of sp³-hybridized carbons (Fsp3) is 0.759. The van der Waals surface area contributed by atoms with Crippen LogP contribution in [0, 0.1) is 0 Å². The van der Waals surface area contributed by atoms with Gasteiger partial charge in [-0.2, -0.15) is 0 Å². The van der Waals surface area contributed by atoms with Gasteiger partial charge in [-0.3, -0.25) is 4.79 Å². The monoisotopic (exact) mass is 623 g/mol. The summed E-state index contributed by atoms with van der Waals surface area (Å²) in [6.07, 6.45) is -6.99. The number of hydrogen-bond donors (Lipinski definition) is 0. The Balaban J connectivity index is 1.65. The minimum absolute atomic E-state index is 0.0424. The predicted molar refractivity (Wildman–Crippen MR) is 156 cm³/mol. The van der Waals surface area contributed by atoms with Gasteiger partial charge in [0.25, 0.3) is 0 Å². The Morgan fingerprint density at radius 1 is 1.05 bits per heavy atom. The van der Waals surface area contributed by atoms with Crippen molar-refractivity contribution in [2.45, 2.75) is 114 Å². The van der Waals surface area contributed by atoms with Crippen LogP contribution in [0.3, 0.4) is 0 Å². The lowest BCUT2D eigenvalue weighted by Crippen LogP contribution is -2.65. The third-order valence-corrected chi connectivity index (χ3v) is 13.2. The second-order valence-corrected chi connectivity index (χ2v) is 17.3. The van der Waals surface area contributed by atoms with Gasteiger partial charge in [0, 0.05) is 26.1 Å². The van der Waals surface area contributed by atoms with E-state index in [-0.39, 0.29) is 24.9 Å². The Bertz CT molecular complexity index is 1120. The molecule has 0 spiro atoms. The standard InChI is InChI=1S/C29H45N3O10Si/c1-17(33)39-26-25(35-6)22(36-14-18-12-10-9-11-13-18)20(16-38-43(7,8)29(2,3)4)41-28(26)42-23-19-15-37-27(40-19)21(31-32-30)24(23)34-5/h9-13,19-28H,14-16H2,1-8H3/t19-,20+,21-,22-,23-,24-,25+,26-,27-,28+/m1/s1. The highest BCUT2D eigenvalue weighted by molar-refractivity contribution is 6.74. The van der Waals surface area contributed by atoms with Crippen LogP contribution in [-0.4, -0.2) is 103 Å². The lowest BCUT2D eigenvalue weighted by molar-refractivity contribution is -0.340. The lowest BCUT2D eigenvalue weighted by Gasteiger charge is -2.48. The summed E-state index contributed by atoms with van der Waals surface area (Å²) in [5, 5.41) is 3.81. The van der Waals surface area contributed by atoms with Crippen LogP contribution in [0.2, 0.25) is 18.1 Å². The van der Waals surface area contributed by atoms with E-state index < -0.39 is 75.6 Å². The van der Waals surface area contributed by atoms with Crippen LogP contribution in [-0.2, 0) is 53.7 Å². The molecule has 3 aliphatic rings. The number of ether oxygens (including phenoxy) is 8. The van der Waals surface area contributed by atoms with Crippen LogP contribution in [0.5, 0.6) is 0 Å². The summed E-state index contributed by atoms with van der Waals surface area (Å²) in [5.74, 6) is -0.540. The number of azide groups is 1. The quantitative estimate of drug-likeness (QED) is 0.110. The Kier molecular flexibility index (Phi) is 11.3. The molecule has 43 heavy (non-hydrogen) atoms. The number of methoxy groups -OCH3 is 2. The molecular formula is C29H45N3O10Si. The Labute approximate surface area is 254 Å². The summed E-state index contributed by atoms with van der Waals surface area (Å²) in [7, 11) is 0.832. The van der Waals surface area contributed by atoms with Gasteiger partial charge in [-0.25, -0.2) is 0 Å². The first-order valence-electron chi connectivity index (χ1n) is 14.5. The summed E-state index contributed by atoms with van der Waals surface area (Å²) in [6, 6.07) is 8.94. The second-order valence-electron chi connectivity index (χ2n) is 12.5. The number of esters is 1. The number of carbonyl (C=O) groups excluding carboxylic acids is 1. The molecular weight excluding hydrogens is 578 g/mol. The first-order valence-corrected chi connectivity index (χ1v) is 17.5. The van der Waals surface area contributed by atoms with Gasteiger partial charge in [-0.05, 0) is 29.2 Å². The van der Waals surface area contributed by atoms with Crippen molar-refractivity contribution in [3.8, 4) is 0 Å². The molecule has 14 heteroatoms. The topological polar surface area (TPSA) is 149 Å². The van der Waals surface area contributed by atoms with Crippen molar-refractivity contribution in [3.63, 3.8) is 0 Å². The maximum atomic E-state index is 12.4. The summed E-state index contributed by atoms with van der Waals surface area (Å²) >= 11 is 0. The van der Waals surface area contributed by atoms with Crippen molar-refractivity contribution in [1.29, 1.82) is 0 Å². The highest BCUT2D eigenvalue weighted by Gasteiger charge is 2.56. The number of benzene rings is 1. The predicted octanol–water partition coefficient (Wildman–Crippen LogP) is 4.10. The molecule has 0 aliphatic carbocycles. The van der Waals surface area contributed by atoms with Crippen LogP contribution in [0.1, 0.15) is 33.3 Å². The molecule has 0 unspecified atom stereocenters. The fourth-order valence-corrected chi connectivity index (χ4v) is 6.32. The minimum Gasteiger partial charge on any atom is -0.454 e. The smallest absolute Gasteiger partial charge is 0.303 e. The van der Waals surface area contributed by atoms with Crippen LogP contribution >= 0.6 is 0 Å². The third-order valence-electron chi connectivity index (χ3n) is 8.65. The van der Waals surface area contributed by atoms with E-state index in [0.717, 1.165) is 5.56 Å². The van der Waals surface area contributed by atoms with E-state index in [1.54, 1.807) is 0 Å². The van der Waals surface area contributed by atoms with Crippen LogP contribution in [0.15, 0.2) is 35.4 Å². The molecule has 3 fully saturated rings. The van der Waals surface area contributed by atoms with Crippen LogP contribution < -0.4 is 0 Å². The lowest BCUT2D eigenvalue weighted by atomic mass is 9.96. The van der Waals surface area contributed by atoms with Crippen molar-refractivity contribution < 1.29 is 47.1 Å². The molecule has 0 aromatic heterocycles. The molecule has 4 rings (SSSR count). The van der Waals surface area contributed by atoms with E-state index in [1.807, 2.05) is 30.3 Å². The zero-order chi connectivity index (χ0) is 31.4. The van der Waals surface area contributed by atoms with Crippen molar-refractivity contribution >= 4 is 14.3 Å². The highest BCUT2D eigenvalue weighted by Crippen LogP contribution is 2.39. The summed E-state index contributed by atoms with van der Waals surface area (Å²) < 4.78 is 55.3. The SMILES string of the molecule is CO[C@@H]1[C@@H](OC(C)=O)[C@H](O[C@H]2[C@H](OC)[C@@H](N=[N+]=[N-])[C@@H]3OC[C@H]2O3)O[C@@H](CO[Si](C)(C)C(C)(C)C)[C@H]1OCc1ccccc1. The molecule has 3 aliphatic heterocycles. The van der Waals surface area contributed by atoms with Gasteiger partial charge < -0.3 is 42.3 Å². The Morgan fingerprint density at radius 3 is 2.35 bits per heavy atom. The van der Waals surface area contributed by atoms with Gasteiger partial charge in [0.05, 0.1) is 25.9 Å². The average molecular weight is 624 g/mol. The molecule has 0 N–H and O–H groups in total. The molecule has 240 valence electrons. The molecule has 10 atom stereocenters. The maximum absolute atomic E-state index is 12.4. The van der Waals surface area contributed by atoms with Gasteiger partial charge in [0.1, 0.15) is 36.6 Å². The molecule has 13 nitrogen and oxygen atoms in total. The highest BCUT2D eigenvalue weighted by atomic mass is 28.4. The fourth-order valence-electron chi connectivity index (χ4n) is 5.31. The van der Waals surface area contributed by atoms with Gasteiger partial charge >= 0.3 is 5.97 Å². The second kappa shape index (κ2) is 14.3. The van der Waals surface area contributed by atoms with Crippen molar-refractivity contribution in [3.05, 3.63) is 46.3 Å². The Hall–Kier alpha value is -2.10. The summed E-state index contributed by atoms with van der Waals surface area (Å²) in [5.41, 5.74) is 10.1. The van der Waals surface area contributed by atoms with E-state index in [1.165, 1.54) is 21.1 Å². The molecule has 0 amide bonds. The summed E-state index contributed by atoms with van der Waals surface area (Å²) in [4.78, 5) is 15.3. The first kappa shape index (κ1) is 33.8. The maximum Gasteiger partial charge on any atom is 0.303 e. The van der Waals surface area contributed by atoms with E-state index in [9.17, 15) is 10.3 Å². The molecule has 3 saturated heterocycles. The molecule has 0 radical (unpaired) electrons. The zero-order valence-electron chi connectivity index (χ0n) is 26.2. The molecule has 1 aromatic carbocycles. The Morgan fingerprint density at radius 2 is 1.74 bits per heavy atom. The largest absolute Gasteiger partial charge is 0.454 e. The van der Waals surface area contributed by atoms with Crippen LogP contribution in [0.25, 0.3) is 10.4 Å². The van der Waals surface area contributed by atoms with E-state index >= 15 is 0 Å². The summed E-state index contributed by atoms with van der Waals surface area (Å²) in [6.45, 7) is 12.8. The van der Waals surface area contributed by atoms with Crippen molar-refractivity contribution in [1.82, 2.24) is 0 Å². The van der Waals surface area contributed by atoms with Crippen molar-refractivity contribution in [2.75, 3.05) is 27.4 Å². The number of rotatable bonds is 12. The first-order chi connectivity index (χ1) is 20.4. The number of hydrogen-bond acceptors (Lipinski definition) is 11. The normalized spacial score (nSPS) is 34.4. The molecule has 1 aromatic rings. The minimum atomic E-state index is -2.20. The van der Waals surface area contributed by atoms with E-state index in [0.29, 0.717) is 0 Å². The molecule has 2 bridgehead atoms. The van der Waals surface area contributed by atoms with Gasteiger partial charge in [0.15, 0.2) is 27.0 Å². The third kappa shape index (κ3) is 7.77. The van der Waals surface area contributed by atoms with Gasteiger partial charge in [-0.15, -0.1) is 0 Å².